The van der Waals surface area contributed by atoms with Gasteiger partial charge in [0, 0.05) is 74.8 Å². The van der Waals surface area contributed by atoms with Crippen LogP contribution in [-0.2, 0) is 28.9 Å². The maximum Gasteiger partial charge on any atom is 0.251 e. The Labute approximate surface area is 325 Å². The normalized spacial score (nSPS) is 18.6. The third kappa shape index (κ3) is 9.52. The summed E-state index contributed by atoms with van der Waals surface area (Å²) in [6.07, 6.45) is 13.0. The molecular weight excluding hydrogens is 717 g/mol. The van der Waals surface area contributed by atoms with Gasteiger partial charge in [-0.2, -0.15) is 0 Å². The molecule has 12 nitrogen and oxygen atoms in total. The maximum atomic E-state index is 13.5. The maximum absolute atomic E-state index is 13.5. The van der Waals surface area contributed by atoms with E-state index in [1.807, 2.05) is 46.8 Å². The summed E-state index contributed by atoms with van der Waals surface area (Å²) >= 11 is 0. The lowest BCUT2D eigenvalue weighted by molar-refractivity contribution is -0.121. The monoisotopic (exact) mass is 768 g/mol. The van der Waals surface area contributed by atoms with Crippen molar-refractivity contribution >= 4 is 45.1 Å². The molecule has 3 aliphatic rings. The number of nitrogens with zero attached hydrogens (tertiary/aromatic N) is 4. The molecule has 4 aromatic rings. The molecule has 13 heteroatoms. The highest BCUT2D eigenvalue weighted by Crippen LogP contribution is 2.44. The van der Waals surface area contributed by atoms with E-state index in [1.165, 1.54) is 12.0 Å². The molecule has 1 aliphatic carbocycles. The molecule has 2 amide bonds. The van der Waals surface area contributed by atoms with Gasteiger partial charge in [0.25, 0.3) is 5.91 Å². The number of ether oxygens (including phenoxy) is 1. The van der Waals surface area contributed by atoms with Crippen LogP contribution in [0.3, 0.4) is 0 Å². The van der Waals surface area contributed by atoms with E-state index >= 15 is 0 Å². The standard InChI is InChI=1S/C41H48N6O5S.CH4O/c1-53(51)46-23-21-45(22-24-46)36-18-14-33(44-50)25-32(36)28-52-34-15-11-30(12-16-34)40-39(29-9-5-4-6-10-29)35-17-13-31-26-37(35)47(40)27-38(48)42-19-7-2-3-8-20-43-41(31)49;1-2/h2-3,11-18,25-26,29H,4-10,19-24,27-28H2,1H3,(H,42,48)(H,43,49);2H,1H3/b3-2-;. The van der Waals surface area contributed by atoms with Crippen molar-refractivity contribution in [2.24, 2.45) is 5.18 Å². The molecule has 3 aromatic carbocycles. The lowest BCUT2D eigenvalue weighted by atomic mass is 9.81. The van der Waals surface area contributed by atoms with E-state index in [-0.39, 0.29) is 25.0 Å². The number of piperazine rings is 1. The molecule has 1 saturated heterocycles. The van der Waals surface area contributed by atoms with E-state index in [9.17, 15) is 18.7 Å². The van der Waals surface area contributed by atoms with E-state index in [4.69, 9.17) is 9.84 Å². The second-order valence-electron chi connectivity index (χ2n) is 14.1. The van der Waals surface area contributed by atoms with Crippen LogP contribution in [0.25, 0.3) is 22.2 Å². The van der Waals surface area contributed by atoms with Crippen LogP contribution >= 0.6 is 0 Å². The topological polar surface area (TPSA) is 146 Å². The molecule has 1 aromatic heterocycles. The van der Waals surface area contributed by atoms with Crippen molar-refractivity contribution in [3.63, 3.8) is 0 Å². The molecule has 1 atom stereocenters. The van der Waals surface area contributed by atoms with Gasteiger partial charge in [-0.3, -0.25) is 9.59 Å². The number of aromatic nitrogens is 1. The summed E-state index contributed by atoms with van der Waals surface area (Å²) < 4.78 is 22.4. The minimum Gasteiger partial charge on any atom is -0.489 e. The van der Waals surface area contributed by atoms with E-state index in [1.54, 1.807) is 18.4 Å². The predicted octanol–water partition coefficient (Wildman–Crippen LogP) is 6.55. The van der Waals surface area contributed by atoms with E-state index in [0.29, 0.717) is 62.2 Å². The molecule has 55 heavy (non-hydrogen) atoms. The second-order valence-corrected chi connectivity index (χ2v) is 15.5. The van der Waals surface area contributed by atoms with Gasteiger partial charge in [0.2, 0.25) is 5.91 Å². The Morgan fingerprint density at radius 2 is 1.55 bits per heavy atom. The highest BCUT2D eigenvalue weighted by Gasteiger charge is 2.28. The molecule has 3 heterocycles. The molecule has 1 saturated carbocycles. The molecule has 3 N–H and O–H groups in total. The van der Waals surface area contributed by atoms with Gasteiger partial charge in [-0.15, -0.1) is 4.91 Å². The second kappa shape index (κ2) is 19.1. The summed E-state index contributed by atoms with van der Waals surface area (Å²) in [5, 5.41) is 17.4. The summed E-state index contributed by atoms with van der Waals surface area (Å²) in [7, 11) is -0.00895. The number of aliphatic hydroxyl groups excluding tert-OH is 1. The molecule has 292 valence electrons. The minimum atomic E-state index is -1.01. The smallest absolute Gasteiger partial charge is 0.251 e. The molecule has 2 fully saturated rings. The molecule has 0 spiro atoms. The van der Waals surface area contributed by atoms with Gasteiger partial charge in [0.1, 0.15) is 24.6 Å². The quantitative estimate of drug-likeness (QED) is 0.136. The first-order valence-corrected chi connectivity index (χ1v) is 20.7. The van der Waals surface area contributed by atoms with Crippen LogP contribution in [-0.4, -0.2) is 82.6 Å². The summed E-state index contributed by atoms with van der Waals surface area (Å²) in [5.74, 6) is 0.830. The number of nitrogens with one attached hydrogen (secondary N) is 2. The van der Waals surface area contributed by atoms with Crippen molar-refractivity contribution in [1.82, 2.24) is 19.5 Å². The number of fused-ring (bicyclic) bond motifs is 1. The zero-order chi connectivity index (χ0) is 38.7. The minimum absolute atomic E-state index is 0.0661. The highest BCUT2D eigenvalue weighted by molar-refractivity contribution is 7.81. The Hall–Kier alpha value is -4.85. The van der Waals surface area contributed by atoms with Crippen LogP contribution < -0.4 is 20.3 Å². The highest BCUT2D eigenvalue weighted by atomic mass is 32.2. The number of rotatable bonds is 8. The van der Waals surface area contributed by atoms with Crippen molar-refractivity contribution in [2.45, 2.75) is 64.0 Å². The first-order chi connectivity index (χ1) is 26.9. The van der Waals surface area contributed by atoms with Crippen LogP contribution in [0.1, 0.15) is 72.3 Å². The van der Waals surface area contributed by atoms with Gasteiger partial charge in [0.05, 0.1) is 22.2 Å². The van der Waals surface area contributed by atoms with E-state index in [0.717, 1.165) is 79.0 Å². The van der Waals surface area contributed by atoms with Crippen molar-refractivity contribution in [3.05, 3.63) is 94.4 Å². The molecule has 2 aliphatic heterocycles. The number of hydrogen-bond donors (Lipinski definition) is 3. The first kappa shape index (κ1) is 39.8. The average Bonchev–Trinajstić information content (AvgIpc) is 3.54. The van der Waals surface area contributed by atoms with Crippen molar-refractivity contribution < 1.29 is 23.6 Å². The molecule has 1 unspecified atom stereocenters. The fraction of sp³-hybridized carbons (Fsp3) is 0.429. The number of carbonyl (C=O) groups excluding carboxylic acids is 2. The first-order valence-electron chi connectivity index (χ1n) is 19.2. The third-order valence-electron chi connectivity index (χ3n) is 10.7. The lowest BCUT2D eigenvalue weighted by Gasteiger charge is -2.35. The van der Waals surface area contributed by atoms with Gasteiger partial charge in [0.15, 0.2) is 0 Å². The van der Waals surface area contributed by atoms with Crippen molar-refractivity contribution in [1.29, 1.82) is 0 Å². The molecule has 2 bridgehead atoms. The van der Waals surface area contributed by atoms with E-state index in [2.05, 4.69) is 43.5 Å². The zero-order valence-electron chi connectivity index (χ0n) is 31.8. The number of nitroso groups, excluding NO2 is 1. The molecule has 0 radical (unpaired) electrons. The predicted molar refractivity (Wildman–Crippen MR) is 219 cm³/mol. The van der Waals surface area contributed by atoms with Crippen molar-refractivity contribution in [3.8, 4) is 17.0 Å². The Bertz CT molecular complexity index is 2010. The summed E-state index contributed by atoms with van der Waals surface area (Å²) in [5.41, 5.74) is 6.87. The Morgan fingerprint density at radius 3 is 2.24 bits per heavy atom. The summed E-state index contributed by atoms with van der Waals surface area (Å²) in [6, 6.07) is 19.4. The fourth-order valence-electron chi connectivity index (χ4n) is 8.01. The van der Waals surface area contributed by atoms with Crippen LogP contribution in [0.5, 0.6) is 5.75 Å². The Kier molecular flexibility index (Phi) is 13.9. The van der Waals surface area contributed by atoms with Gasteiger partial charge in [-0.1, -0.05) is 37.5 Å². The van der Waals surface area contributed by atoms with Gasteiger partial charge < -0.3 is 29.9 Å². The van der Waals surface area contributed by atoms with Gasteiger partial charge in [-0.05, 0) is 103 Å². The Morgan fingerprint density at radius 1 is 0.855 bits per heavy atom. The van der Waals surface area contributed by atoms with Crippen LogP contribution in [0.15, 0.2) is 78.0 Å². The SMILES string of the molecule is CO.CS(=O)N1CCN(c2ccc(N=O)cc2COc2ccc(-c3c(C4CCCCC4)c4ccc5cc4n3CC(=O)NCC/C=C\CCNC5=O)cc2)CC1. The average molecular weight is 769 g/mol. The number of benzene rings is 3. The number of aliphatic hydroxyl groups is 1. The fourth-order valence-corrected chi connectivity index (χ4v) is 8.69. The zero-order valence-corrected chi connectivity index (χ0v) is 32.6. The summed E-state index contributed by atoms with van der Waals surface area (Å²) in [4.78, 5) is 40.4. The van der Waals surface area contributed by atoms with Crippen LogP contribution in [0.2, 0.25) is 0 Å². The molecule has 7 rings (SSSR count). The number of anilines is 1. The number of carbonyl (C=O) groups is 2. The third-order valence-corrected chi connectivity index (χ3v) is 11.8. The number of hydrogen-bond acceptors (Lipinski definition) is 8. The van der Waals surface area contributed by atoms with Gasteiger partial charge in [-0.25, -0.2) is 8.51 Å². The molecular formula is C42H52N6O6S. The van der Waals surface area contributed by atoms with Crippen LogP contribution in [0.4, 0.5) is 11.4 Å². The van der Waals surface area contributed by atoms with E-state index < -0.39 is 11.0 Å². The summed E-state index contributed by atoms with van der Waals surface area (Å²) in [6.45, 7) is 4.28. The van der Waals surface area contributed by atoms with Crippen LogP contribution in [0, 0.1) is 4.91 Å². The number of amides is 2. The van der Waals surface area contributed by atoms with Crippen molar-refractivity contribution in [2.75, 3.05) is 57.5 Å². The Balaban J connectivity index is 0.00000253. The van der Waals surface area contributed by atoms with Gasteiger partial charge >= 0.3 is 0 Å². The largest absolute Gasteiger partial charge is 0.489 e. The lowest BCUT2D eigenvalue weighted by Crippen LogP contribution is -2.47.